The molecule has 0 aliphatic rings. The third-order valence-corrected chi connectivity index (χ3v) is 3.52. The van der Waals surface area contributed by atoms with Crippen molar-refractivity contribution in [1.82, 2.24) is 4.90 Å². The van der Waals surface area contributed by atoms with E-state index in [2.05, 4.69) is 0 Å². The second-order valence-electron chi connectivity index (χ2n) is 4.87. The van der Waals surface area contributed by atoms with E-state index < -0.39 is 0 Å². The van der Waals surface area contributed by atoms with E-state index in [0.29, 0.717) is 30.2 Å². The van der Waals surface area contributed by atoms with Gasteiger partial charge in [-0.1, -0.05) is 30.3 Å². The van der Waals surface area contributed by atoms with Crippen LogP contribution in [0.3, 0.4) is 0 Å². The quantitative estimate of drug-likeness (QED) is 0.821. The highest BCUT2D eigenvalue weighted by Gasteiger charge is 2.19. The summed E-state index contributed by atoms with van der Waals surface area (Å²) in [5.74, 6) is 1.12. The van der Waals surface area contributed by atoms with Gasteiger partial charge in [0, 0.05) is 13.1 Å². The maximum atomic E-state index is 12.8. The minimum atomic E-state index is -0.0675. The van der Waals surface area contributed by atoms with Gasteiger partial charge in [-0.2, -0.15) is 0 Å². The molecule has 116 valence electrons. The Morgan fingerprint density at radius 1 is 1.05 bits per heavy atom. The Kier molecular flexibility index (Phi) is 5.42. The Morgan fingerprint density at radius 3 is 2.36 bits per heavy atom. The van der Waals surface area contributed by atoms with Crippen LogP contribution in [0.15, 0.2) is 48.5 Å². The topological polar surface area (TPSA) is 38.8 Å². The number of methoxy groups -OCH3 is 2. The maximum absolute atomic E-state index is 12.8. The van der Waals surface area contributed by atoms with Gasteiger partial charge in [-0.3, -0.25) is 4.79 Å². The summed E-state index contributed by atoms with van der Waals surface area (Å²) in [6.07, 6.45) is 0. The fourth-order valence-electron chi connectivity index (χ4n) is 2.28. The lowest BCUT2D eigenvalue weighted by molar-refractivity contribution is 0.0749. The van der Waals surface area contributed by atoms with Crippen LogP contribution in [0.2, 0.25) is 0 Å². The molecular formula is C18H21NO3. The summed E-state index contributed by atoms with van der Waals surface area (Å²) >= 11 is 0. The second-order valence-corrected chi connectivity index (χ2v) is 4.87. The molecule has 0 fully saturated rings. The molecule has 0 aromatic heterocycles. The average molecular weight is 299 g/mol. The van der Waals surface area contributed by atoms with E-state index in [1.807, 2.05) is 37.3 Å². The number of carbonyl (C=O) groups excluding carboxylic acids is 1. The predicted molar refractivity (Wildman–Crippen MR) is 86.4 cm³/mol. The summed E-state index contributed by atoms with van der Waals surface area (Å²) in [6, 6.07) is 15.2. The molecular weight excluding hydrogens is 278 g/mol. The minimum absolute atomic E-state index is 0.0675. The lowest BCUT2D eigenvalue weighted by atomic mass is 10.1. The van der Waals surface area contributed by atoms with Gasteiger partial charge in [-0.25, -0.2) is 0 Å². The van der Waals surface area contributed by atoms with Gasteiger partial charge in [0.05, 0.1) is 19.8 Å². The van der Waals surface area contributed by atoms with Gasteiger partial charge in [0.1, 0.15) is 11.5 Å². The molecule has 0 saturated carbocycles. The van der Waals surface area contributed by atoms with Crippen molar-refractivity contribution in [3.63, 3.8) is 0 Å². The highest BCUT2D eigenvalue weighted by Crippen LogP contribution is 2.25. The lowest BCUT2D eigenvalue weighted by Crippen LogP contribution is -2.30. The fourth-order valence-corrected chi connectivity index (χ4v) is 2.28. The van der Waals surface area contributed by atoms with Crippen molar-refractivity contribution in [2.24, 2.45) is 0 Å². The molecule has 0 spiro atoms. The number of hydrogen-bond acceptors (Lipinski definition) is 3. The second kappa shape index (κ2) is 7.50. The largest absolute Gasteiger partial charge is 0.497 e. The summed E-state index contributed by atoms with van der Waals surface area (Å²) < 4.78 is 10.5. The molecule has 1 amide bonds. The Hall–Kier alpha value is -2.49. The first kappa shape index (κ1) is 15.9. The summed E-state index contributed by atoms with van der Waals surface area (Å²) in [4.78, 5) is 14.6. The van der Waals surface area contributed by atoms with Crippen LogP contribution in [-0.2, 0) is 6.54 Å². The number of amides is 1. The van der Waals surface area contributed by atoms with E-state index >= 15 is 0 Å². The summed E-state index contributed by atoms with van der Waals surface area (Å²) in [5.41, 5.74) is 1.61. The van der Waals surface area contributed by atoms with Crippen molar-refractivity contribution in [2.75, 3.05) is 20.8 Å². The van der Waals surface area contributed by atoms with Gasteiger partial charge in [-0.15, -0.1) is 0 Å². The minimum Gasteiger partial charge on any atom is -0.497 e. The van der Waals surface area contributed by atoms with Crippen LogP contribution in [0.4, 0.5) is 0 Å². The zero-order valence-electron chi connectivity index (χ0n) is 13.2. The van der Waals surface area contributed by atoms with Crippen LogP contribution in [0.1, 0.15) is 22.8 Å². The molecule has 0 radical (unpaired) electrons. The van der Waals surface area contributed by atoms with Crippen molar-refractivity contribution < 1.29 is 14.3 Å². The van der Waals surface area contributed by atoms with E-state index in [1.54, 1.807) is 37.3 Å². The first-order valence-corrected chi connectivity index (χ1v) is 7.24. The summed E-state index contributed by atoms with van der Waals surface area (Å²) in [5, 5.41) is 0. The smallest absolute Gasteiger partial charge is 0.258 e. The van der Waals surface area contributed by atoms with E-state index in [0.717, 1.165) is 5.56 Å². The molecule has 4 heteroatoms. The molecule has 0 atom stereocenters. The van der Waals surface area contributed by atoms with Crippen LogP contribution in [0.25, 0.3) is 0 Å². The van der Waals surface area contributed by atoms with Gasteiger partial charge in [0.2, 0.25) is 0 Å². The van der Waals surface area contributed by atoms with Gasteiger partial charge in [-0.05, 0) is 30.7 Å². The Balaban J connectivity index is 2.28. The van der Waals surface area contributed by atoms with Crippen molar-refractivity contribution in [3.05, 3.63) is 59.7 Å². The lowest BCUT2D eigenvalue weighted by Gasteiger charge is -2.22. The summed E-state index contributed by atoms with van der Waals surface area (Å²) in [6.45, 7) is 3.15. The third kappa shape index (κ3) is 3.58. The molecule has 0 aliphatic carbocycles. The maximum Gasteiger partial charge on any atom is 0.258 e. The van der Waals surface area contributed by atoms with E-state index in [-0.39, 0.29) is 5.91 Å². The fraction of sp³-hybridized carbons (Fsp3) is 0.278. The van der Waals surface area contributed by atoms with Crippen LogP contribution >= 0.6 is 0 Å². The zero-order chi connectivity index (χ0) is 15.9. The Morgan fingerprint density at radius 2 is 1.77 bits per heavy atom. The first-order chi connectivity index (χ1) is 10.7. The number of benzene rings is 2. The Labute approximate surface area is 131 Å². The molecule has 22 heavy (non-hydrogen) atoms. The van der Waals surface area contributed by atoms with Gasteiger partial charge in [0.25, 0.3) is 5.91 Å². The first-order valence-electron chi connectivity index (χ1n) is 7.24. The van der Waals surface area contributed by atoms with E-state index in [1.165, 1.54) is 0 Å². The molecule has 2 aromatic rings. The number of ether oxygens (including phenoxy) is 2. The number of nitrogens with zero attached hydrogens (tertiary/aromatic N) is 1. The summed E-state index contributed by atoms with van der Waals surface area (Å²) in [7, 11) is 3.14. The number of hydrogen-bond donors (Lipinski definition) is 0. The van der Waals surface area contributed by atoms with E-state index in [4.69, 9.17) is 9.47 Å². The molecule has 0 unspecified atom stereocenters. The predicted octanol–water partition coefficient (Wildman–Crippen LogP) is 3.37. The third-order valence-electron chi connectivity index (χ3n) is 3.52. The van der Waals surface area contributed by atoms with Crippen molar-refractivity contribution in [1.29, 1.82) is 0 Å². The highest BCUT2D eigenvalue weighted by molar-refractivity contribution is 5.97. The molecule has 0 saturated heterocycles. The van der Waals surface area contributed by atoms with Crippen LogP contribution < -0.4 is 9.47 Å². The van der Waals surface area contributed by atoms with Crippen molar-refractivity contribution >= 4 is 5.91 Å². The highest BCUT2D eigenvalue weighted by atomic mass is 16.5. The normalized spacial score (nSPS) is 10.1. The monoisotopic (exact) mass is 299 g/mol. The molecule has 4 nitrogen and oxygen atoms in total. The standard InChI is InChI=1S/C18H21NO3/c1-4-19(13-14-8-6-5-7-9-14)18(20)16-12-15(21-2)10-11-17(16)22-3/h5-12H,4,13H2,1-3H3. The van der Waals surface area contributed by atoms with Gasteiger partial charge >= 0.3 is 0 Å². The number of carbonyl (C=O) groups is 1. The van der Waals surface area contributed by atoms with Crippen LogP contribution in [0, 0.1) is 0 Å². The van der Waals surface area contributed by atoms with Gasteiger partial charge in [0.15, 0.2) is 0 Å². The molecule has 0 bridgehead atoms. The van der Waals surface area contributed by atoms with Crippen molar-refractivity contribution in [3.8, 4) is 11.5 Å². The molecule has 0 aliphatic heterocycles. The van der Waals surface area contributed by atoms with Gasteiger partial charge < -0.3 is 14.4 Å². The Bertz CT molecular complexity index is 625. The zero-order valence-corrected chi connectivity index (χ0v) is 13.2. The number of rotatable bonds is 6. The SMILES string of the molecule is CCN(Cc1ccccc1)C(=O)c1cc(OC)ccc1OC. The van der Waals surface area contributed by atoms with Crippen LogP contribution in [-0.4, -0.2) is 31.6 Å². The average Bonchev–Trinajstić information content (AvgIpc) is 2.59. The van der Waals surface area contributed by atoms with E-state index in [9.17, 15) is 4.79 Å². The van der Waals surface area contributed by atoms with Crippen molar-refractivity contribution in [2.45, 2.75) is 13.5 Å². The molecule has 0 N–H and O–H groups in total. The molecule has 0 heterocycles. The van der Waals surface area contributed by atoms with Crippen LogP contribution in [0.5, 0.6) is 11.5 Å². The molecule has 2 aromatic carbocycles. The molecule has 2 rings (SSSR count).